The molecule has 1 N–H and O–H groups in total. The van der Waals surface area contributed by atoms with E-state index in [-0.39, 0.29) is 23.8 Å². The van der Waals surface area contributed by atoms with Gasteiger partial charge in [-0.1, -0.05) is 13.8 Å². The summed E-state index contributed by atoms with van der Waals surface area (Å²) in [5.41, 5.74) is 2.49. The lowest BCUT2D eigenvalue weighted by Gasteiger charge is -2.24. The largest absolute Gasteiger partial charge is 0.507 e. The summed E-state index contributed by atoms with van der Waals surface area (Å²) in [5, 5.41) is 13.1. The van der Waals surface area contributed by atoms with Crippen molar-refractivity contribution >= 4 is 28.8 Å². The van der Waals surface area contributed by atoms with E-state index >= 15 is 0 Å². The molecule has 1 amide bonds. The van der Waals surface area contributed by atoms with Gasteiger partial charge in [0.1, 0.15) is 11.5 Å². The Morgan fingerprint density at radius 1 is 1.23 bits per heavy atom. The van der Waals surface area contributed by atoms with Gasteiger partial charge in [-0.05, 0) is 53.6 Å². The second kappa shape index (κ2) is 9.02. The monoisotopic (exact) mass is 429 g/mol. The number of aliphatic hydroxyl groups is 1. The van der Waals surface area contributed by atoms with Gasteiger partial charge in [0.2, 0.25) is 0 Å². The number of hydrogen-bond donors (Lipinski definition) is 1. The molecular weight excluding hydrogens is 402 g/mol. The normalized spacial score (nSPS) is 18.5. The van der Waals surface area contributed by atoms with E-state index in [1.165, 1.54) is 16.2 Å². The molecule has 1 fully saturated rings. The maximum absolute atomic E-state index is 13.0. The number of carbonyl (C=O) groups excluding carboxylic acids is 2. The SMILES string of the molecule is COCCN1C(=O)C(=O)/C(=C(\O)c2ccc(OC)c(C(C)C)c2)C1c1sccc1C. The molecule has 0 spiro atoms. The van der Waals surface area contributed by atoms with Gasteiger partial charge in [-0.15, -0.1) is 11.3 Å². The van der Waals surface area contributed by atoms with Crippen LogP contribution in [-0.2, 0) is 14.3 Å². The third-order valence-corrected chi connectivity index (χ3v) is 6.42. The van der Waals surface area contributed by atoms with E-state index < -0.39 is 17.7 Å². The van der Waals surface area contributed by atoms with Gasteiger partial charge in [0, 0.05) is 24.1 Å². The Morgan fingerprint density at radius 3 is 2.53 bits per heavy atom. The summed E-state index contributed by atoms with van der Waals surface area (Å²) >= 11 is 1.47. The number of carbonyl (C=O) groups is 2. The molecule has 1 aliphatic heterocycles. The lowest BCUT2D eigenvalue weighted by atomic mass is 9.95. The summed E-state index contributed by atoms with van der Waals surface area (Å²) in [6, 6.07) is 6.61. The van der Waals surface area contributed by atoms with E-state index in [1.807, 2.05) is 38.3 Å². The van der Waals surface area contributed by atoms with Crippen molar-refractivity contribution in [3.05, 3.63) is 56.8 Å². The Balaban J connectivity index is 2.18. The Bertz CT molecular complexity index is 991. The molecule has 3 rings (SSSR count). The summed E-state index contributed by atoms with van der Waals surface area (Å²) in [4.78, 5) is 28.1. The number of aliphatic hydroxyl groups excluding tert-OH is 1. The van der Waals surface area contributed by atoms with E-state index in [1.54, 1.807) is 26.4 Å². The summed E-state index contributed by atoms with van der Waals surface area (Å²) < 4.78 is 10.6. The van der Waals surface area contributed by atoms with Crippen LogP contribution in [0.25, 0.3) is 5.76 Å². The predicted molar refractivity (Wildman–Crippen MR) is 117 cm³/mol. The number of Topliss-reactive ketones (excluding diaryl/α,β-unsaturated/α-hetero) is 1. The van der Waals surface area contributed by atoms with Crippen LogP contribution in [0.4, 0.5) is 0 Å². The van der Waals surface area contributed by atoms with Crippen molar-refractivity contribution in [1.82, 2.24) is 4.90 Å². The third kappa shape index (κ3) is 3.87. The molecule has 2 aromatic rings. The first-order valence-corrected chi connectivity index (χ1v) is 10.7. The highest BCUT2D eigenvalue weighted by Crippen LogP contribution is 2.43. The second-order valence-electron chi connectivity index (χ2n) is 7.56. The predicted octanol–water partition coefficient (Wildman–Crippen LogP) is 4.26. The molecule has 7 heteroatoms. The number of rotatable bonds is 7. The van der Waals surface area contributed by atoms with Gasteiger partial charge >= 0.3 is 0 Å². The quantitative estimate of drug-likeness (QED) is 0.404. The number of methoxy groups -OCH3 is 2. The van der Waals surface area contributed by atoms with Crippen molar-refractivity contribution in [1.29, 1.82) is 0 Å². The van der Waals surface area contributed by atoms with Gasteiger partial charge < -0.3 is 19.5 Å². The third-order valence-electron chi connectivity index (χ3n) is 5.35. The molecule has 30 heavy (non-hydrogen) atoms. The maximum atomic E-state index is 13.0. The number of likely N-dealkylation sites (tertiary alicyclic amines) is 1. The van der Waals surface area contributed by atoms with E-state index in [0.717, 1.165) is 16.0 Å². The van der Waals surface area contributed by atoms with Crippen molar-refractivity contribution < 1.29 is 24.2 Å². The van der Waals surface area contributed by atoms with E-state index in [4.69, 9.17) is 9.47 Å². The van der Waals surface area contributed by atoms with Crippen LogP contribution >= 0.6 is 11.3 Å². The molecular formula is C23H27NO5S. The number of hydrogen-bond acceptors (Lipinski definition) is 6. The zero-order chi connectivity index (χ0) is 22.0. The molecule has 0 radical (unpaired) electrons. The van der Waals surface area contributed by atoms with Crippen LogP contribution in [0, 0.1) is 6.92 Å². The molecule has 1 unspecified atom stereocenters. The smallest absolute Gasteiger partial charge is 0.295 e. The molecule has 2 heterocycles. The molecule has 1 aromatic heterocycles. The topological polar surface area (TPSA) is 76.1 Å². The van der Waals surface area contributed by atoms with Crippen LogP contribution in [0.15, 0.2) is 35.2 Å². The summed E-state index contributed by atoms with van der Waals surface area (Å²) in [7, 11) is 3.15. The van der Waals surface area contributed by atoms with Crippen LogP contribution in [0.2, 0.25) is 0 Å². The molecule has 160 valence electrons. The Morgan fingerprint density at radius 2 is 1.97 bits per heavy atom. The summed E-state index contributed by atoms with van der Waals surface area (Å²) in [6.45, 7) is 6.56. The molecule has 0 bridgehead atoms. The van der Waals surface area contributed by atoms with Gasteiger partial charge in [0.15, 0.2) is 0 Å². The molecule has 1 aliphatic rings. The van der Waals surface area contributed by atoms with Crippen molar-refractivity contribution in [3.63, 3.8) is 0 Å². The van der Waals surface area contributed by atoms with Crippen molar-refractivity contribution in [2.24, 2.45) is 0 Å². The number of nitrogens with zero attached hydrogens (tertiary/aromatic N) is 1. The zero-order valence-electron chi connectivity index (χ0n) is 17.9. The van der Waals surface area contributed by atoms with Gasteiger partial charge in [-0.2, -0.15) is 0 Å². The Kier molecular flexibility index (Phi) is 6.63. The minimum atomic E-state index is -0.677. The maximum Gasteiger partial charge on any atom is 0.295 e. The number of ketones is 1. The van der Waals surface area contributed by atoms with Gasteiger partial charge in [0.25, 0.3) is 11.7 Å². The fourth-order valence-corrected chi connectivity index (χ4v) is 4.77. The van der Waals surface area contributed by atoms with Crippen LogP contribution < -0.4 is 4.74 Å². The first kappa shape index (κ1) is 22.1. The van der Waals surface area contributed by atoms with Crippen LogP contribution in [0.3, 0.4) is 0 Å². The molecule has 1 saturated heterocycles. The van der Waals surface area contributed by atoms with Gasteiger partial charge in [0.05, 0.1) is 25.3 Å². The van der Waals surface area contributed by atoms with Crippen LogP contribution in [0.5, 0.6) is 5.75 Å². The molecule has 1 aromatic carbocycles. The van der Waals surface area contributed by atoms with Gasteiger partial charge in [-0.3, -0.25) is 9.59 Å². The Hall–Kier alpha value is -2.64. The minimum absolute atomic E-state index is 0.113. The molecule has 0 aliphatic carbocycles. The van der Waals surface area contributed by atoms with E-state index in [0.29, 0.717) is 17.9 Å². The summed E-state index contributed by atoms with van der Waals surface area (Å²) in [5.74, 6) is -0.595. The molecule has 1 atom stereocenters. The summed E-state index contributed by atoms with van der Waals surface area (Å²) in [6.07, 6.45) is 0. The fraction of sp³-hybridized carbons (Fsp3) is 0.391. The van der Waals surface area contributed by atoms with Crippen molar-refractivity contribution in [2.75, 3.05) is 27.4 Å². The number of benzene rings is 1. The number of amides is 1. The minimum Gasteiger partial charge on any atom is -0.507 e. The average Bonchev–Trinajstić information content (AvgIpc) is 3.26. The van der Waals surface area contributed by atoms with E-state index in [9.17, 15) is 14.7 Å². The standard InChI is InChI=1S/C23H27NO5S/c1-13(2)16-12-15(6-7-17(16)29-5)20(25)18-19(22-14(3)8-11-30-22)24(9-10-28-4)23(27)21(18)26/h6-8,11-13,19,25H,9-10H2,1-5H3/b20-18-. The Labute approximate surface area is 180 Å². The molecule has 6 nitrogen and oxygen atoms in total. The van der Waals surface area contributed by atoms with Crippen molar-refractivity contribution in [2.45, 2.75) is 32.7 Å². The lowest BCUT2D eigenvalue weighted by Crippen LogP contribution is -2.32. The fourth-order valence-electron chi connectivity index (χ4n) is 3.73. The highest BCUT2D eigenvalue weighted by atomic mass is 32.1. The lowest BCUT2D eigenvalue weighted by molar-refractivity contribution is -0.140. The highest BCUT2D eigenvalue weighted by Gasteiger charge is 2.46. The highest BCUT2D eigenvalue weighted by molar-refractivity contribution is 7.10. The first-order chi connectivity index (χ1) is 14.3. The number of ether oxygens (including phenoxy) is 2. The van der Waals surface area contributed by atoms with Crippen molar-refractivity contribution in [3.8, 4) is 5.75 Å². The van der Waals surface area contributed by atoms with E-state index in [2.05, 4.69) is 0 Å². The number of aryl methyl sites for hydroxylation is 1. The molecule has 0 saturated carbocycles. The van der Waals surface area contributed by atoms with Gasteiger partial charge in [-0.25, -0.2) is 0 Å². The number of thiophene rings is 1. The average molecular weight is 430 g/mol. The zero-order valence-corrected chi connectivity index (χ0v) is 18.7. The second-order valence-corrected chi connectivity index (χ2v) is 8.51. The van der Waals surface area contributed by atoms with Crippen LogP contribution in [-0.4, -0.2) is 49.1 Å². The van der Waals surface area contributed by atoms with Crippen LogP contribution in [0.1, 0.15) is 47.4 Å². The first-order valence-electron chi connectivity index (χ1n) is 9.81.